The summed E-state index contributed by atoms with van der Waals surface area (Å²) in [6.45, 7) is 9.48. The zero-order valence-corrected chi connectivity index (χ0v) is 10.2. The monoisotopic (exact) mass is 282 g/mol. The van der Waals surface area contributed by atoms with E-state index < -0.39 is 0 Å². The van der Waals surface area contributed by atoms with Crippen LogP contribution in [0.15, 0.2) is 0 Å². The molecule has 0 radical (unpaired) electrons. The lowest BCUT2D eigenvalue weighted by Crippen LogP contribution is -2.42. The third kappa shape index (κ3) is 2.85. The lowest BCUT2D eigenvalue weighted by Gasteiger charge is -2.35. The molecule has 0 bridgehead atoms. The second-order valence-corrected chi connectivity index (χ2v) is 4.73. The van der Waals surface area contributed by atoms with Crippen LogP contribution in [0.2, 0.25) is 0 Å². The van der Waals surface area contributed by atoms with E-state index in [2.05, 4.69) is 44.7 Å². The molecule has 1 saturated heterocycles. The molecule has 0 spiro atoms. The zero-order chi connectivity index (χ0) is 8.97. The Morgan fingerprint density at radius 2 is 1.75 bits per heavy atom. The summed E-state index contributed by atoms with van der Waals surface area (Å²) in [6, 6.07) is 0.853. The van der Waals surface area contributed by atoms with Gasteiger partial charge >= 0.3 is 0 Å². The SMILES string of the molecule is CCN(CC)C1CCN(I)CC1. The van der Waals surface area contributed by atoms with Crippen molar-refractivity contribution in [3.8, 4) is 0 Å². The Morgan fingerprint density at radius 1 is 1.25 bits per heavy atom. The Labute approximate surface area is 89.8 Å². The zero-order valence-electron chi connectivity index (χ0n) is 8.09. The van der Waals surface area contributed by atoms with Gasteiger partial charge in [-0.15, -0.1) is 0 Å². The van der Waals surface area contributed by atoms with Crippen LogP contribution >= 0.6 is 22.9 Å². The third-order valence-corrected chi connectivity index (χ3v) is 3.70. The van der Waals surface area contributed by atoms with Crippen molar-refractivity contribution in [1.29, 1.82) is 0 Å². The molecule has 1 heterocycles. The first-order valence-corrected chi connectivity index (χ1v) is 5.89. The van der Waals surface area contributed by atoms with E-state index >= 15 is 0 Å². The molecule has 1 aliphatic rings. The summed E-state index contributed by atoms with van der Waals surface area (Å²) in [6.07, 6.45) is 2.70. The molecule has 12 heavy (non-hydrogen) atoms. The fourth-order valence-corrected chi connectivity index (χ4v) is 2.50. The topological polar surface area (TPSA) is 6.48 Å². The highest BCUT2D eigenvalue weighted by molar-refractivity contribution is 14.1. The molecular weight excluding hydrogens is 263 g/mol. The summed E-state index contributed by atoms with van der Waals surface area (Å²) in [7, 11) is 0. The number of rotatable bonds is 3. The van der Waals surface area contributed by atoms with E-state index in [9.17, 15) is 0 Å². The average molecular weight is 282 g/mol. The summed E-state index contributed by atoms with van der Waals surface area (Å²) >= 11 is 2.43. The predicted octanol–water partition coefficient (Wildman–Crippen LogP) is 2.14. The molecule has 0 saturated carbocycles. The highest BCUT2D eigenvalue weighted by Gasteiger charge is 2.21. The maximum absolute atomic E-state index is 2.59. The molecule has 0 N–H and O–H groups in total. The van der Waals surface area contributed by atoms with Crippen LogP contribution in [0.5, 0.6) is 0 Å². The van der Waals surface area contributed by atoms with Gasteiger partial charge in [0.15, 0.2) is 0 Å². The first kappa shape index (κ1) is 10.7. The molecular formula is C9H19IN2. The highest BCUT2D eigenvalue weighted by atomic mass is 127. The van der Waals surface area contributed by atoms with Crippen molar-refractivity contribution in [2.45, 2.75) is 32.7 Å². The van der Waals surface area contributed by atoms with E-state index in [1.54, 1.807) is 0 Å². The molecule has 0 aromatic heterocycles. The Kier molecular flexibility index (Phi) is 4.82. The van der Waals surface area contributed by atoms with Crippen molar-refractivity contribution in [2.24, 2.45) is 0 Å². The van der Waals surface area contributed by atoms with Crippen molar-refractivity contribution in [3.05, 3.63) is 0 Å². The molecule has 3 heteroatoms. The van der Waals surface area contributed by atoms with E-state index in [-0.39, 0.29) is 0 Å². The molecule has 1 aliphatic heterocycles. The van der Waals surface area contributed by atoms with Gasteiger partial charge in [0.2, 0.25) is 0 Å². The lowest BCUT2D eigenvalue weighted by molar-refractivity contribution is 0.161. The molecule has 0 unspecified atom stereocenters. The molecule has 0 amide bonds. The predicted molar refractivity (Wildman–Crippen MR) is 61.5 cm³/mol. The summed E-state index contributed by atoms with van der Waals surface area (Å²) in [4.78, 5) is 2.59. The maximum atomic E-state index is 2.59. The number of nitrogens with zero attached hydrogens (tertiary/aromatic N) is 2. The average Bonchev–Trinajstić information content (AvgIpc) is 2.10. The first-order valence-electron chi connectivity index (χ1n) is 4.92. The van der Waals surface area contributed by atoms with Crippen LogP contribution < -0.4 is 0 Å². The fourth-order valence-electron chi connectivity index (χ4n) is 1.94. The minimum absolute atomic E-state index is 0.853. The maximum Gasteiger partial charge on any atom is 0.0201 e. The van der Waals surface area contributed by atoms with Gasteiger partial charge in [0, 0.05) is 42.0 Å². The summed E-state index contributed by atoms with van der Waals surface area (Å²) in [5.74, 6) is 0. The molecule has 0 aromatic carbocycles. The van der Waals surface area contributed by atoms with Crippen LogP contribution in [0.4, 0.5) is 0 Å². The molecule has 0 aliphatic carbocycles. The summed E-state index contributed by atoms with van der Waals surface area (Å²) < 4.78 is 2.40. The summed E-state index contributed by atoms with van der Waals surface area (Å²) in [5.41, 5.74) is 0. The number of hydrogen-bond acceptors (Lipinski definition) is 2. The van der Waals surface area contributed by atoms with Crippen LogP contribution in [0, 0.1) is 0 Å². The van der Waals surface area contributed by atoms with Crippen molar-refractivity contribution in [2.75, 3.05) is 26.2 Å². The number of piperidine rings is 1. The van der Waals surface area contributed by atoms with Crippen LogP contribution in [0.25, 0.3) is 0 Å². The minimum Gasteiger partial charge on any atom is -0.301 e. The van der Waals surface area contributed by atoms with E-state index in [1.807, 2.05) is 0 Å². The number of halogens is 1. The van der Waals surface area contributed by atoms with Crippen LogP contribution in [-0.4, -0.2) is 40.2 Å². The van der Waals surface area contributed by atoms with Gasteiger partial charge in [-0.2, -0.15) is 0 Å². The normalized spacial score (nSPS) is 22.0. The first-order chi connectivity index (χ1) is 5.77. The fraction of sp³-hybridized carbons (Fsp3) is 1.00. The molecule has 1 rings (SSSR count). The molecule has 0 atom stereocenters. The Bertz CT molecular complexity index is 118. The van der Waals surface area contributed by atoms with Gasteiger partial charge in [0.25, 0.3) is 0 Å². The van der Waals surface area contributed by atoms with Gasteiger partial charge < -0.3 is 4.90 Å². The van der Waals surface area contributed by atoms with Gasteiger partial charge in [-0.05, 0) is 25.9 Å². The smallest absolute Gasteiger partial charge is 0.0201 e. The van der Waals surface area contributed by atoms with E-state index in [1.165, 1.54) is 39.0 Å². The minimum atomic E-state index is 0.853. The third-order valence-electron chi connectivity index (χ3n) is 2.74. The quantitative estimate of drug-likeness (QED) is 0.578. The Hall–Kier alpha value is 0.650. The van der Waals surface area contributed by atoms with E-state index in [4.69, 9.17) is 0 Å². The van der Waals surface area contributed by atoms with Gasteiger partial charge in [0.05, 0.1) is 0 Å². The van der Waals surface area contributed by atoms with Crippen molar-refractivity contribution in [3.63, 3.8) is 0 Å². The van der Waals surface area contributed by atoms with Gasteiger partial charge in [-0.1, -0.05) is 13.8 Å². The highest BCUT2D eigenvalue weighted by Crippen LogP contribution is 2.18. The van der Waals surface area contributed by atoms with E-state index in [0.717, 1.165) is 6.04 Å². The van der Waals surface area contributed by atoms with Gasteiger partial charge in [-0.3, -0.25) is 0 Å². The molecule has 0 aromatic rings. The van der Waals surface area contributed by atoms with Crippen molar-refractivity contribution in [1.82, 2.24) is 8.01 Å². The molecule has 1 fully saturated rings. The van der Waals surface area contributed by atoms with Gasteiger partial charge in [-0.25, -0.2) is 3.11 Å². The molecule has 72 valence electrons. The second-order valence-electron chi connectivity index (χ2n) is 3.36. The van der Waals surface area contributed by atoms with E-state index in [0.29, 0.717) is 0 Å². The lowest BCUT2D eigenvalue weighted by atomic mass is 10.1. The van der Waals surface area contributed by atoms with Crippen LogP contribution in [0.3, 0.4) is 0 Å². The number of hydrogen-bond donors (Lipinski definition) is 0. The Balaban J connectivity index is 2.32. The van der Waals surface area contributed by atoms with Gasteiger partial charge in [0.1, 0.15) is 0 Å². The van der Waals surface area contributed by atoms with Crippen LogP contribution in [-0.2, 0) is 0 Å². The standard InChI is InChI=1S/C9H19IN2/c1-3-11(4-2)9-5-7-12(10)8-6-9/h9H,3-8H2,1-2H3. The Morgan fingerprint density at radius 3 is 2.17 bits per heavy atom. The van der Waals surface area contributed by atoms with Crippen molar-refractivity contribution < 1.29 is 0 Å². The second kappa shape index (κ2) is 5.40. The summed E-state index contributed by atoms with van der Waals surface area (Å²) in [5, 5.41) is 0. The van der Waals surface area contributed by atoms with Crippen LogP contribution in [0.1, 0.15) is 26.7 Å². The molecule has 2 nitrogen and oxygen atoms in total. The van der Waals surface area contributed by atoms with Crippen molar-refractivity contribution >= 4 is 22.9 Å². The largest absolute Gasteiger partial charge is 0.301 e.